The third-order valence-corrected chi connectivity index (χ3v) is 4.81. The maximum atomic E-state index is 5.72. The van der Waals surface area contributed by atoms with E-state index in [0.29, 0.717) is 6.10 Å². The van der Waals surface area contributed by atoms with Crippen molar-refractivity contribution in [2.24, 2.45) is 10.9 Å². The van der Waals surface area contributed by atoms with Crippen molar-refractivity contribution in [3.05, 3.63) is 0 Å². The van der Waals surface area contributed by atoms with Crippen molar-refractivity contribution < 1.29 is 4.74 Å². The molecular weight excluding hydrogens is 276 g/mol. The van der Waals surface area contributed by atoms with Gasteiger partial charge < -0.3 is 19.9 Å². The molecule has 5 nitrogen and oxygen atoms in total. The first kappa shape index (κ1) is 17.5. The van der Waals surface area contributed by atoms with Crippen LogP contribution in [0.25, 0.3) is 0 Å². The molecule has 2 heterocycles. The smallest absolute Gasteiger partial charge is 0.193 e. The number of likely N-dealkylation sites (tertiary alicyclic amines) is 2. The second kappa shape index (κ2) is 9.36. The van der Waals surface area contributed by atoms with Gasteiger partial charge in [-0.1, -0.05) is 6.92 Å². The number of ether oxygens (including phenoxy) is 1. The van der Waals surface area contributed by atoms with Gasteiger partial charge in [0.2, 0.25) is 0 Å². The van der Waals surface area contributed by atoms with E-state index < -0.39 is 0 Å². The Hall–Kier alpha value is -0.810. The minimum atomic E-state index is 0.439. The van der Waals surface area contributed by atoms with Gasteiger partial charge in [0, 0.05) is 46.4 Å². The van der Waals surface area contributed by atoms with Gasteiger partial charge in [-0.2, -0.15) is 0 Å². The minimum Gasteiger partial charge on any atom is -0.378 e. The van der Waals surface area contributed by atoms with Gasteiger partial charge in [0.1, 0.15) is 0 Å². The number of nitrogens with one attached hydrogen (secondary N) is 1. The number of nitrogens with zero attached hydrogens (tertiary/aromatic N) is 3. The fraction of sp³-hybridized carbons (Fsp3) is 0.941. The molecule has 2 aliphatic rings. The highest BCUT2D eigenvalue weighted by atomic mass is 16.5. The molecular formula is C17H34N4O. The van der Waals surface area contributed by atoms with Crippen LogP contribution in [0, 0.1) is 5.92 Å². The number of hydrogen-bond acceptors (Lipinski definition) is 3. The van der Waals surface area contributed by atoms with E-state index in [1.165, 1.54) is 25.9 Å². The van der Waals surface area contributed by atoms with Crippen molar-refractivity contribution >= 4 is 5.96 Å². The van der Waals surface area contributed by atoms with Crippen molar-refractivity contribution in [3.63, 3.8) is 0 Å². The summed E-state index contributed by atoms with van der Waals surface area (Å²) in [6.07, 6.45) is 5.39. The molecule has 1 N–H and O–H groups in total. The molecule has 0 aromatic carbocycles. The van der Waals surface area contributed by atoms with Crippen molar-refractivity contribution in [2.45, 2.75) is 45.6 Å². The first-order chi connectivity index (χ1) is 10.7. The molecule has 0 radical (unpaired) electrons. The number of aliphatic imine (C=N–C) groups is 1. The molecule has 2 saturated heterocycles. The number of piperidine rings is 2. The zero-order chi connectivity index (χ0) is 15.8. The third-order valence-electron chi connectivity index (χ3n) is 4.81. The molecule has 1 unspecified atom stereocenters. The molecule has 0 saturated carbocycles. The molecule has 0 aromatic rings. The second-order valence-corrected chi connectivity index (χ2v) is 6.66. The van der Waals surface area contributed by atoms with Crippen LogP contribution in [0.2, 0.25) is 0 Å². The molecule has 2 rings (SSSR count). The SMILES string of the molecule is CCOC1CCN(C(=NC)NCCN2CCCC(C)C2)CC1. The zero-order valence-electron chi connectivity index (χ0n) is 14.7. The maximum absolute atomic E-state index is 5.72. The standard InChI is InChI=1S/C17H34N4O/c1-4-22-16-7-11-21(12-8-16)17(18-3)19-9-13-20-10-5-6-15(2)14-20/h15-16H,4-14H2,1-3H3,(H,18,19). The number of hydrogen-bond donors (Lipinski definition) is 1. The summed E-state index contributed by atoms with van der Waals surface area (Å²) < 4.78 is 5.72. The van der Waals surface area contributed by atoms with Gasteiger partial charge in [-0.3, -0.25) is 4.99 Å². The lowest BCUT2D eigenvalue weighted by atomic mass is 10.0. The first-order valence-electron chi connectivity index (χ1n) is 9.02. The molecule has 2 aliphatic heterocycles. The van der Waals surface area contributed by atoms with Crippen molar-refractivity contribution in [3.8, 4) is 0 Å². The first-order valence-corrected chi connectivity index (χ1v) is 9.02. The molecule has 2 fully saturated rings. The molecule has 128 valence electrons. The van der Waals surface area contributed by atoms with Crippen LogP contribution in [0.3, 0.4) is 0 Å². The van der Waals surface area contributed by atoms with E-state index in [0.717, 1.165) is 57.5 Å². The summed E-state index contributed by atoms with van der Waals surface area (Å²) in [7, 11) is 1.89. The second-order valence-electron chi connectivity index (χ2n) is 6.66. The highest BCUT2D eigenvalue weighted by Gasteiger charge is 2.21. The monoisotopic (exact) mass is 310 g/mol. The zero-order valence-corrected chi connectivity index (χ0v) is 14.7. The fourth-order valence-corrected chi connectivity index (χ4v) is 3.62. The largest absolute Gasteiger partial charge is 0.378 e. The van der Waals surface area contributed by atoms with Gasteiger partial charge in [-0.05, 0) is 45.1 Å². The molecule has 0 bridgehead atoms. The summed E-state index contributed by atoms with van der Waals surface area (Å²) in [5.41, 5.74) is 0. The number of guanidine groups is 1. The Bertz CT molecular complexity index is 340. The van der Waals surface area contributed by atoms with Crippen molar-refractivity contribution in [2.75, 3.05) is 52.9 Å². The topological polar surface area (TPSA) is 40.1 Å². The summed E-state index contributed by atoms with van der Waals surface area (Å²) in [4.78, 5) is 9.40. The van der Waals surface area contributed by atoms with Crippen LogP contribution in [-0.4, -0.2) is 74.8 Å². The lowest BCUT2D eigenvalue weighted by molar-refractivity contribution is 0.0263. The van der Waals surface area contributed by atoms with Crippen LogP contribution in [-0.2, 0) is 4.74 Å². The lowest BCUT2D eigenvalue weighted by Crippen LogP contribution is -2.49. The van der Waals surface area contributed by atoms with Crippen LogP contribution in [0.5, 0.6) is 0 Å². The molecule has 0 aliphatic carbocycles. The third kappa shape index (κ3) is 5.43. The van der Waals surface area contributed by atoms with E-state index in [-0.39, 0.29) is 0 Å². The summed E-state index contributed by atoms with van der Waals surface area (Å²) in [5, 5.41) is 3.54. The Kier molecular flexibility index (Phi) is 7.46. The lowest BCUT2D eigenvalue weighted by Gasteiger charge is -2.35. The highest BCUT2D eigenvalue weighted by Crippen LogP contribution is 2.15. The summed E-state index contributed by atoms with van der Waals surface area (Å²) >= 11 is 0. The normalized spacial score (nSPS) is 25.5. The Labute approximate surface area is 136 Å². The number of rotatable bonds is 5. The van der Waals surface area contributed by atoms with Gasteiger partial charge in [0.25, 0.3) is 0 Å². The van der Waals surface area contributed by atoms with Crippen LogP contribution >= 0.6 is 0 Å². The van der Waals surface area contributed by atoms with Gasteiger partial charge >= 0.3 is 0 Å². The van der Waals surface area contributed by atoms with Gasteiger partial charge in [0.05, 0.1) is 6.10 Å². The fourth-order valence-electron chi connectivity index (χ4n) is 3.62. The maximum Gasteiger partial charge on any atom is 0.193 e. The van der Waals surface area contributed by atoms with Gasteiger partial charge in [-0.25, -0.2) is 0 Å². The van der Waals surface area contributed by atoms with E-state index >= 15 is 0 Å². The molecule has 1 atom stereocenters. The average molecular weight is 310 g/mol. The Balaban J connectivity index is 1.67. The molecule has 0 amide bonds. The van der Waals surface area contributed by atoms with Gasteiger partial charge in [0.15, 0.2) is 5.96 Å². The van der Waals surface area contributed by atoms with E-state index in [9.17, 15) is 0 Å². The Morgan fingerprint density at radius 1 is 1.23 bits per heavy atom. The predicted octanol–water partition coefficient (Wildman–Crippen LogP) is 1.79. The average Bonchev–Trinajstić information content (AvgIpc) is 2.53. The highest BCUT2D eigenvalue weighted by molar-refractivity contribution is 5.79. The molecule has 5 heteroatoms. The minimum absolute atomic E-state index is 0.439. The Morgan fingerprint density at radius 3 is 2.64 bits per heavy atom. The predicted molar refractivity (Wildman–Crippen MR) is 92.4 cm³/mol. The van der Waals surface area contributed by atoms with Crippen LogP contribution in [0.4, 0.5) is 0 Å². The van der Waals surface area contributed by atoms with Crippen LogP contribution in [0.15, 0.2) is 4.99 Å². The molecule has 0 aromatic heterocycles. The molecule has 22 heavy (non-hydrogen) atoms. The quantitative estimate of drug-likeness (QED) is 0.621. The van der Waals surface area contributed by atoms with E-state index in [1.54, 1.807) is 0 Å². The van der Waals surface area contributed by atoms with Crippen LogP contribution in [0.1, 0.15) is 39.5 Å². The van der Waals surface area contributed by atoms with E-state index in [4.69, 9.17) is 4.74 Å². The van der Waals surface area contributed by atoms with Gasteiger partial charge in [-0.15, -0.1) is 0 Å². The summed E-state index contributed by atoms with van der Waals surface area (Å²) in [5.74, 6) is 1.91. The van der Waals surface area contributed by atoms with Crippen molar-refractivity contribution in [1.29, 1.82) is 0 Å². The van der Waals surface area contributed by atoms with Crippen molar-refractivity contribution in [1.82, 2.24) is 15.1 Å². The van der Waals surface area contributed by atoms with Crippen LogP contribution < -0.4 is 5.32 Å². The van der Waals surface area contributed by atoms with E-state index in [1.807, 2.05) is 7.05 Å². The Morgan fingerprint density at radius 2 is 2.00 bits per heavy atom. The van der Waals surface area contributed by atoms with E-state index in [2.05, 4.69) is 34.0 Å². The summed E-state index contributed by atoms with van der Waals surface area (Å²) in [6.45, 7) is 12.0. The molecule has 0 spiro atoms. The summed E-state index contributed by atoms with van der Waals surface area (Å²) in [6, 6.07) is 0.